The highest BCUT2D eigenvalue weighted by Gasteiger charge is 2.24. The third kappa shape index (κ3) is 5.84. The molecule has 13 nitrogen and oxygen atoms in total. The predicted octanol–water partition coefficient (Wildman–Crippen LogP) is 2.37. The van der Waals surface area contributed by atoms with E-state index < -0.39 is 24.0 Å². The summed E-state index contributed by atoms with van der Waals surface area (Å²) >= 11 is 0. The Morgan fingerprint density at radius 2 is 1.84 bits per heavy atom. The van der Waals surface area contributed by atoms with Crippen LogP contribution in [0.5, 0.6) is 0 Å². The molecule has 0 radical (unpaired) electrons. The highest BCUT2D eigenvalue weighted by atomic mass is 16.5. The number of fused-ring (bicyclic) bond motifs is 1. The van der Waals surface area contributed by atoms with Gasteiger partial charge in [0.2, 0.25) is 0 Å². The Morgan fingerprint density at radius 3 is 2.55 bits per heavy atom. The first-order valence-corrected chi connectivity index (χ1v) is 11.6. The Morgan fingerprint density at radius 1 is 1.08 bits per heavy atom. The Labute approximate surface area is 217 Å². The Bertz CT molecular complexity index is 1490. The second-order valence-corrected chi connectivity index (χ2v) is 8.19. The molecule has 0 aliphatic rings. The van der Waals surface area contributed by atoms with Crippen molar-refractivity contribution in [2.45, 2.75) is 19.9 Å². The summed E-state index contributed by atoms with van der Waals surface area (Å²) in [6, 6.07) is 8.69. The van der Waals surface area contributed by atoms with Crippen molar-refractivity contribution >= 4 is 40.8 Å². The van der Waals surface area contributed by atoms with Gasteiger partial charge in [0.15, 0.2) is 5.82 Å². The van der Waals surface area contributed by atoms with Gasteiger partial charge in [-0.1, -0.05) is 12.1 Å². The summed E-state index contributed by atoms with van der Waals surface area (Å²) in [5, 5.41) is 9.52. The number of rotatable bonds is 8. The van der Waals surface area contributed by atoms with Gasteiger partial charge in [-0.15, -0.1) is 0 Å². The maximum Gasteiger partial charge on any atom is 0.340 e. The van der Waals surface area contributed by atoms with Gasteiger partial charge in [0.1, 0.15) is 30.3 Å². The molecule has 3 aromatic heterocycles. The van der Waals surface area contributed by atoms with Crippen LogP contribution in [0.1, 0.15) is 22.8 Å². The lowest BCUT2D eigenvalue weighted by atomic mass is 10.0. The largest absolute Gasteiger partial charge is 0.465 e. The second-order valence-electron chi connectivity index (χ2n) is 8.19. The first-order chi connectivity index (χ1) is 18.3. The van der Waals surface area contributed by atoms with Gasteiger partial charge in [0, 0.05) is 23.6 Å². The van der Waals surface area contributed by atoms with Gasteiger partial charge in [-0.3, -0.25) is 10.1 Å². The van der Waals surface area contributed by atoms with Gasteiger partial charge in [0.25, 0.3) is 0 Å². The zero-order chi connectivity index (χ0) is 27.2. The van der Waals surface area contributed by atoms with Crippen LogP contribution in [0.3, 0.4) is 0 Å². The van der Waals surface area contributed by atoms with Crippen LogP contribution in [-0.4, -0.2) is 56.8 Å². The number of carbonyl (C=O) groups excluding carboxylic acids is 3. The minimum atomic E-state index is -1.13. The van der Waals surface area contributed by atoms with E-state index in [1.54, 1.807) is 43.5 Å². The number of ether oxygens (including phenoxy) is 2. The summed E-state index contributed by atoms with van der Waals surface area (Å²) in [6.07, 6.45) is 4.31. The summed E-state index contributed by atoms with van der Waals surface area (Å²) < 4.78 is 11.5. The third-order valence-electron chi connectivity index (χ3n) is 5.39. The van der Waals surface area contributed by atoms with Gasteiger partial charge in [-0.2, -0.15) is 5.10 Å². The van der Waals surface area contributed by atoms with Crippen LogP contribution in [-0.2, 0) is 14.3 Å². The van der Waals surface area contributed by atoms with Crippen molar-refractivity contribution < 1.29 is 23.9 Å². The Hall–Kier alpha value is -5.04. The number of anilines is 3. The zero-order valence-electron chi connectivity index (χ0n) is 20.7. The lowest BCUT2D eigenvalue weighted by Crippen LogP contribution is -2.37. The van der Waals surface area contributed by atoms with Crippen LogP contribution in [0.2, 0.25) is 0 Å². The number of carbonyl (C=O) groups is 3. The Balaban J connectivity index is 1.57. The summed E-state index contributed by atoms with van der Waals surface area (Å²) in [5.74, 6) is -0.856. The SMILES string of the molecule is CCOC(=O)C(N)COC(=O)c1cn2ncnc(N)c2c1-c1ccc(NC(=O)Nc2cc(C)ccn2)cc1. The number of amides is 2. The van der Waals surface area contributed by atoms with E-state index in [0.29, 0.717) is 28.1 Å². The highest BCUT2D eigenvalue weighted by molar-refractivity contribution is 6.05. The summed E-state index contributed by atoms with van der Waals surface area (Å²) in [5.41, 5.74) is 14.8. The highest BCUT2D eigenvalue weighted by Crippen LogP contribution is 2.33. The number of nitrogens with one attached hydrogen (secondary N) is 2. The number of esters is 2. The molecule has 2 amide bonds. The molecule has 1 aromatic carbocycles. The first kappa shape index (κ1) is 26.0. The van der Waals surface area contributed by atoms with Crippen molar-refractivity contribution in [2.75, 3.05) is 29.6 Å². The van der Waals surface area contributed by atoms with Crippen LogP contribution >= 0.6 is 0 Å². The summed E-state index contributed by atoms with van der Waals surface area (Å²) in [4.78, 5) is 45.3. The lowest BCUT2D eigenvalue weighted by Gasteiger charge is -2.12. The molecule has 4 rings (SSSR count). The first-order valence-electron chi connectivity index (χ1n) is 11.6. The average Bonchev–Trinajstić information content (AvgIpc) is 3.29. The second kappa shape index (κ2) is 11.3. The van der Waals surface area contributed by atoms with Crippen LogP contribution in [0.25, 0.3) is 16.6 Å². The Kier molecular flexibility index (Phi) is 7.77. The standard InChI is InChI=1S/C25H26N8O5/c1-3-37-24(35)18(26)12-38-23(34)17-11-33-21(22(27)29-13-30-33)20(17)15-4-6-16(7-5-15)31-25(36)32-19-10-14(2)8-9-28-19/h4-11,13,18H,3,12,26H2,1-2H3,(H2,27,29,30)(H2,28,31,32,36). The fraction of sp³-hybridized carbons (Fsp3) is 0.200. The molecule has 3 heterocycles. The van der Waals surface area contributed by atoms with E-state index in [9.17, 15) is 14.4 Å². The van der Waals surface area contributed by atoms with Crippen molar-refractivity contribution in [3.63, 3.8) is 0 Å². The molecule has 0 saturated carbocycles. The number of benzene rings is 1. The number of pyridine rings is 1. The molecule has 1 atom stereocenters. The normalized spacial score (nSPS) is 11.6. The molecule has 196 valence electrons. The minimum Gasteiger partial charge on any atom is -0.465 e. The molecule has 0 bridgehead atoms. The maximum absolute atomic E-state index is 13.0. The number of hydrogen-bond acceptors (Lipinski definition) is 10. The fourth-order valence-corrected chi connectivity index (χ4v) is 3.65. The maximum atomic E-state index is 13.0. The van der Waals surface area contributed by atoms with E-state index >= 15 is 0 Å². The van der Waals surface area contributed by atoms with Gasteiger partial charge in [-0.05, 0) is 49.2 Å². The minimum absolute atomic E-state index is 0.136. The van der Waals surface area contributed by atoms with Gasteiger partial charge < -0.3 is 26.3 Å². The molecule has 0 aliphatic carbocycles. The number of nitrogen functional groups attached to an aromatic ring is 1. The van der Waals surface area contributed by atoms with Gasteiger partial charge in [0.05, 0.1) is 12.2 Å². The topological polar surface area (TPSA) is 189 Å². The molecule has 6 N–H and O–H groups in total. The number of nitrogens with two attached hydrogens (primary N) is 2. The molecule has 0 spiro atoms. The molecule has 0 saturated heterocycles. The van der Waals surface area contributed by atoms with Crippen molar-refractivity contribution in [3.8, 4) is 11.1 Å². The molecule has 4 aromatic rings. The van der Waals surface area contributed by atoms with E-state index in [0.717, 1.165) is 5.56 Å². The van der Waals surface area contributed by atoms with Crippen molar-refractivity contribution in [2.24, 2.45) is 5.73 Å². The fourth-order valence-electron chi connectivity index (χ4n) is 3.65. The molecular weight excluding hydrogens is 492 g/mol. The van der Waals surface area contributed by atoms with Crippen LogP contribution in [0.4, 0.5) is 22.1 Å². The van der Waals surface area contributed by atoms with E-state index in [4.69, 9.17) is 20.9 Å². The molecule has 0 aliphatic heterocycles. The molecule has 1 unspecified atom stereocenters. The number of aryl methyl sites for hydroxylation is 1. The van der Waals surface area contributed by atoms with E-state index in [-0.39, 0.29) is 24.6 Å². The number of nitrogens with zero attached hydrogens (tertiary/aromatic N) is 4. The third-order valence-corrected chi connectivity index (χ3v) is 5.39. The van der Waals surface area contributed by atoms with Crippen molar-refractivity contribution in [1.82, 2.24) is 19.6 Å². The zero-order valence-corrected chi connectivity index (χ0v) is 20.7. The molecule has 0 fully saturated rings. The number of hydrogen-bond donors (Lipinski definition) is 4. The quantitative estimate of drug-likeness (QED) is 0.252. The van der Waals surface area contributed by atoms with Crippen LogP contribution < -0.4 is 22.1 Å². The van der Waals surface area contributed by atoms with Crippen LogP contribution in [0.15, 0.2) is 55.1 Å². The monoisotopic (exact) mass is 518 g/mol. The predicted molar refractivity (Wildman–Crippen MR) is 139 cm³/mol. The molecule has 38 heavy (non-hydrogen) atoms. The van der Waals surface area contributed by atoms with Gasteiger partial charge >= 0.3 is 18.0 Å². The van der Waals surface area contributed by atoms with E-state index in [2.05, 4.69) is 25.7 Å². The molecule has 13 heteroatoms. The summed E-state index contributed by atoms with van der Waals surface area (Å²) in [6.45, 7) is 3.32. The summed E-state index contributed by atoms with van der Waals surface area (Å²) in [7, 11) is 0. The lowest BCUT2D eigenvalue weighted by molar-refractivity contribution is -0.145. The van der Waals surface area contributed by atoms with E-state index in [1.807, 2.05) is 13.0 Å². The van der Waals surface area contributed by atoms with Gasteiger partial charge in [-0.25, -0.2) is 24.1 Å². The smallest absolute Gasteiger partial charge is 0.340 e. The average molecular weight is 519 g/mol. The number of urea groups is 1. The molecular formula is C25H26N8O5. The van der Waals surface area contributed by atoms with Crippen LogP contribution in [0, 0.1) is 6.92 Å². The van der Waals surface area contributed by atoms with Crippen molar-refractivity contribution in [3.05, 3.63) is 66.2 Å². The van der Waals surface area contributed by atoms with Crippen molar-refractivity contribution in [1.29, 1.82) is 0 Å². The van der Waals surface area contributed by atoms with E-state index in [1.165, 1.54) is 17.0 Å². The number of aromatic nitrogens is 4.